The molecule has 4 rings (SSSR count). The summed E-state index contributed by atoms with van der Waals surface area (Å²) in [5, 5.41) is 5.88. The highest BCUT2D eigenvalue weighted by Gasteiger charge is 2.16. The van der Waals surface area contributed by atoms with E-state index in [2.05, 4.69) is 20.2 Å². The van der Waals surface area contributed by atoms with Crippen LogP contribution in [0.25, 0.3) is 11.0 Å². The number of nitrogens with one attached hydrogen (secondary N) is 2. The number of fused-ring (bicyclic) bond motifs is 2. The molecule has 0 spiro atoms. The topological polar surface area (TPSA) is 77.4 Å². The normalized spacial score (nSPS) is 13.9. The van der Waals surface area contributed by atoms with E-state index in [-0.39, 0.29) is 12.1 Å². The number of imidazole rings is 1. The van der Waals surface area contributed by atoms with Gasteiger partial charge in [-0.05, 0) is 43.7 Å². The van der Waals surface area contributed by atoms with Crippen LogP contribution in [0.5, 0.6) is 11.5 Å². The molecule has 1 atom stereocenters. The molecule has 0 saturated heterocycles. The summed E-state index contributed by atoms with van der Waals surface area (Å²) >= 11 is 0. The molecule has 28 heavy (non-hydrogen) atoms. The van der Waals surface area contributed by atoms with Gasteiger partial charge in [-0.2, -0.15) is 0 Å². The molecule has 0 fully saturated rings. The van der Waals surface area contributed by atoms with Crippen molar-refractivity contribution in [1.29, 1.82) is 0 Å². The summed E-state index contributed by atoms with van der Waals surface area (Å²) in [6, 6.07) is 13.4. The second kappa shape index (κ2) is 7.80. The minimum atomic E-state index is -0.204. The number of benzene rings is 2. The Hall–Kier alpha value is -3.22. The van der Waals surface area contributed by atoms with E-state index in [4.69, 9.17) is 9.47 Å². The van der Waals surface area contributed by atoms with E-state index >= 15 is 0 Å². The molecule has 1 aliphatic heterocycles. The highest BCUT2D eigenvalue weighted by Crippen LogP contribution is 2.32. The summed E-state index contributed by atoms with van der Waals surface area (Å²) in [5.74, 6) is 2.41. The second-order valence-electron chi connectivity index (χ2n) is 6.82. The fraction of sp³-hybridized carbons (Fsp3) is 0.333. The number of carbonyl (C=O) groups is 1. The van der Waals surface area contributed by atoms with Crippen molar-refractivity contribution in [3.63, 3.8) is 0 Å². The molecule has 7 nitrogen and oxygen atoms in total. The lowest BCUT2D eigenvalue weighted by Crippen LogP contribution is -2.38. The third-order valence-corrected chi connectivity index (χ3v) is 4.88. The van der Waals surface area contributed by atoms with Crippen molar-refractivity contribution in [2.24, 2.45) is 0 Å². The molecule has 0 aliphatic carbocycles. The van der Waals surface area contributed by atoms with Crippen molar-refractivity contribution in [1.82, 2.24) is 20.2 Å². The van der Waals surface area contributed by atoms with Crippen LogP contribution in [-0.4, -0.2) is 35.3 Å². The number of ether oxygens (including phenoxy) is 2. The smallest absolute Gasteiger partial charge is 0.315 e. The number of aryl methyl sites for hydroxylation is 1. The van der Waals surface area contributed by atoms with Gasteiger partial charge in [-0.1, -0.05) is 18.2 Å². The molecule has 2 amide bonds. The zero-order valence-corrected chi connectivity index (χ0v) is 16.1. The number of para-hydroxylation sites is 2. The molecule has 2 heterocycles. The van der Waals surface area contributed by atoms with Crippen LogP contribution in [0.3, 0.4) is 0 Å². The third-order valence-electron chi connectivity index (χ3n) is 4.88. The first-order valence-corrected chi connectivity index (χ1v) is 9.47. The highest BCUT2D eigenvalue weighted by atomic mass is 16.6. The summed E-state index contributed by atoms with van der Waals surface area (Å²) in [6.07, 6.45) is 0. The third kappa shape index (κ3) is 3.74. The van der Waals surface area contributed by atoms with Gasteiger partial charge < -0.3 is 24.7 Å². The summed E-state index contributed by atoms with van der Waals surface area (Å²) in [6.45, 7) is 6.21. The Bertz CT molecular complexity index is 998. The highest BCUT2D eigenvalue weighted by molar-refractivity contribution is 5.76. The van der Waals surface area contributed by atoms with Crippen molar-refractivity contribution in [3.05, 3.63) is 53.9 Å². The van der Waals surface area contributed by atoms with Crippen LogP contribution in [-0.2, 0) is 6.54 Å². The van der Waals surface area contributed by atoms with Crippen LogP contribution >= 0.6 is 0 Å². The standard InChI is InChI=1S/C21H24N4O3/c1-14(16-7-8-19-20(13-16)28-12-11-27-19)23-21(26)22-9-10-25-15(2)24-17-5-3-4-6-18(17)25/h3-8,13-14H,9-12H2,1-2H3,(H2,22,23,26). The molecule has 7 heteroatoms. The zero-order valence-electron chi connectivity index (χ0n) is 16.1. The van der Waals surface area contributed by atoms with E-state index in [0.717, 1.165) is 33.9 Å². The van der Waals surface area contributed by atoms with Crippen LogP contribution < -0.4 is 20.1 Å². The molecular formula is C21H24N4O3. The fourth-order valence-corrected chi connectivity index (χ4v) is 3.42. The van der Waals surface area contributed by atoms with Crippen LogP contribution in [0.1, 0.15) is 24.4 Å². The Morgan fingerprint density at radius 2 is 1.96 bits per heavy atom. The quantitative estimate of drug-likeness (QED) is 0.713. The number of rotatable bonds is 5. The molecule has 146 valence electrons. The lowest BCUT2D eigenvalue weighted by Gasteiger charge is -2.21. The Labute approximate surface area is 163 Å². The van der Waals surface area contributed by atoms with Gasteiger partial charge in [0, 0.05) is 13.1 Å². The molecule has 1 aromatic heterocycles. The van der Waals surface area contributed by atoms with Crippen LogP contribution in [0.4, 0.5) is 4.79 Å². The van der Waals surface area contributed by atoms with Gasteiger partial charge in [0.1, 0.15) is 19.0 Å². The van der Waals surface area contributed by atoms with Crippen molar-refractivity contribution < 1.29 is 14.3 Å². The predicted molar refractivity (Wildman–Crippen MR) is 107 cm³/mol. The maximum atomic E-state index is 12.3. The second-order valence-corrected chi connectivity index (χ2v) is 6.82. The molecule has 2 aromatic carbocycles. The van der Waals surface area contributed by atoms with E-state index in [0.29, 0.717) is 26.3 Å². The molecule has 0 bridgehead atoms. The lowest BCUT2D eigenvalue weighted by molar-refractivity contribution is 0.171. The van der Waals surface area contributed by atoms with Crippen LogP contribution in [0, 0.1) is 6.92 Å². The first-order chi connectivity index (χ1) is 13.6. The maximum absolute atomic E-state index is 12.3. The van der Waals surface area contributed by atoms with Gasteiger partial charge in [0.25, 0.3) is 0 Å². The van der Waals surface area contributed by atoms with Gasteiger partial charge in [-0.25, -0.2) is 9.78 Å². The van der Waals surface area contributed by atoms with E-state index in [9.17, 15) is 4.79 Å². The largest absolute Gasteiger partial charge is 0.486 e. The van der Waals surface area contributed by atoms with Crippen molar-refractivity contribution in [3.8, 4) is 11.5 Å². The summed E-state index contributed by atoms with van der Waals surface area (Å²) < 4.78 is 13.3. The molecule has 1 unspecified atom stereocenters. The fourth-order valence-electron chi connectivity index (χ4n) is 3.42. The molecule has 2 N–H and O–H groups in total. The Balaban J connectivity index is 1.32. The van der Waals surface area contributed by atoms with Gasteiger partial charge in [-0.3, -0.25) is 0 Å². The first-order valence-electron chi connectivity index (χ1n) is 9.47. The number of hydrogen-bond donors (Lipinski definition) is 2. The number of aromatic nitrogens is 2. The monoisotopic (exact) mass is 380 g/mol. The van der Waals surface area contributed by atoms with Crippen molar-refractivity contribution in [2.45, 2.75) is 26.4 Å². The van der Waals surface area contributed by atoms with Crippen LogP contribution in [0.15, 0.2) is 42.5 Å². The average Bonchev–Trinajstić information content (AvgIpc) is 3.03. The van der Waals surface area contributed by atoms with E-state index in [1.807, 2.05) is 56.3 Å². The SMILES string of the molecule is Cc1nc2ccccc2n1CCNC(=O)NC(C)c1ccc2c(c1)OCCO2. The number of hydrogen-bond acceptors (Lipinski definition) is 4. The molecule has 1 aliphatic rings. The maximum Gasteiger partial charge on any atom is 0.315 e. The Morgan fingerprint density at radius 1 is 1.18 bits per heavy atom. The molecular weight excluding hydrogens is 356 g/mol. The lowest BCUT2D eigenvalue weighted by atomic mass is 10.1. The average molecular weight is 380 g/mol. The zero-order chi connectivity index (χ0) is 19.5. The number of nitrogens with zero attached hydrogens (tertiary/aromatic N) is 2. The van der Waals surface area contributed by atoms with E-state index in [1.165, 1.54) is 0 Å². The number of carbonyl (C=O) groups excluding carboxylic acids is 1. The predicted octanol–water partition coefficient (Wildman–Crippen LogP) is 3.18. The summed E-state index contributed by atoms with van der Waals surface area (Å²) in [5.41, 5.74) is 3.01. The van der Waals surface area contributed by atoms with Gasteiger partial charge in [0.2, 0.25) is 0 Å². The van der Waals surface area contributed by atoms with Crippen molar-refractivity contribution in [2.75, 3.05) is 19.8 Å². The Kier molecular flexibility index (Phi) is 5.06. The van der Waals surface area contributed by atoms with E-state index < -0.39 is 0 Å². The molecule has 0 saturated carbocycles. The summed E-state index contributed by atoms with van der Waals surface area (Å²) in [7, 11) is 0. The summed E-state index contributed by atoms with van der Waals surface area (Å²) in [4.78, 5) is 16.8. The van der Waals surface area contributed by atoms with E-state index in [1.54, 1.807) is 0 Å². The van der Waals surface area contributed by atoms with Crippen LogP contribution in [0.2, 0.25) is 0 Å². The van der Waals surface area contributed by atoms with Gasteiger partial charge in [0.05, 0.1) is 17.1 Å². The minimum absolute atomic E-state index is 0.147. The molecule has 3 aromatic rings. The Morgan fingerprint density at radius 3 is 2.82 bits per heavy atom. The van der Waals surface area contributed by atoms with Gasteiger partial charge in [-0.15, -0.1) is 0 Å². The van der Waals surface area contributed by atoms with Gasteiger partial charge in [0.15, 0.2) is 11.5 Å². The van der Waals surface area contributed by atoms with Crippen molar-refractivity contribution >= 4 is 17.1 Å². The minimum Gasteiger partial charge on any atom is -0.486 e. The first kappa shape index (κ1) is 18.2. The number of amides is 2. The number of urea groups is 1. The molecule has 0 radical (unpaired) electrons. The van der Waals surface area contributed by atoms with Gasteiger partial charge >= 0.3 is 6.03 Å².